The van der Waals surface area contributed by atoms with E-state index in [2.05, 4.69) is 35.3 Å². The van der Waals surface area contributed by atoms with E-state index in [1.54, 1.807) is 19.2 Å². The lowest BCUT2D eigenvalue weighted by Gasteiger charge is -2.32. The van der Waals surface area contributed by atoms with Crippen LogP contribution in [0.2, 0.25) is 0 Å². The third kappa shape index (κ3) is 4.94. The summed E-state index contributed by atoms with van der Waals surface area (Å²) in [6.45, 7) is 3.46. The van der Waals surface area contributed by atoms with Crippen molar-refractivity contribution in [2.45, 2.75) is 38.7 Å². The SMILES string of the molecule is COc1ccc(OC2CCCN(C(=O)CCc3cccc(C)c3)C2)nn1. The first kappa shape index (κ1) is 18.2. The van der Waals surface area contributed by atoms with Crippen LogP contribution in [0.3, 0.4) is 0 Å². The molecular formula is C20H25N3O3. The first-order valence-electron chi connectivity index (χ1n) is 9.02. The highest BCUT2D eigenvalue weighted by atomic mass is 16.5. The molecule has 0 aliphatic carbocycles. The smallest absolute Gasteiger partial charge is 0.233 e. The minimum absolute atomic E-state index is 0.0469. The fourth-order valence-electron chi connectivity index (χ4n) is 3.19. The number of hydrogen-bond donors (Lipinski definition) is 0. The van der Waals surface area contributed by atoms with Crippen molar-refractivity contribution in [3.63, 3.8) is 0 Å². The fraction of sp³-hybridized carbons (Fsp3) is 0.450. The number of methoxy groups -OCH3 is 1. The molecule has 1 unspecified atom stereocenters. The van der Waals surface area contributed by atoms with Crippen LogP contribution in [0.25, 0.3) is 0 Å². The van der Waals surface area contributed by atoms with E-state index in [-0.39, 0.29) is 12.0 Å². The number of ether oxygens (including phenoxy) is 2. The van der Waals surface area contributed by atoms with Crippen LogP contribution in [0, 0.1) is 6.92 Å². The maximum Gasteiger partial charge on any atom is 0.233 e. The van der Waals surface area contributed by atoms with Crippen LogP contribution in [-0.2, 0) is 11.2 Å². The molecule has 0 spiro atoms. The molecule has 0 N–H and O–H groups in total. The molecule has 2 heterocycles. The van der Waals surface area contributed by atoms with Crippen molar-refractivity contribution in [3.05, 3.63) is 47.5 Å². The minimum Gasteiger partial charge on any atom is -0.480 e. The number of carbonyl (C=O) groups is 1. The molecule has 0 saturated carbocycles. The van der Waals surface area contributed by atoms with Crippen LogP contribution in [-0.4, -0.2) is 47.3 Å². The van der Waals surface area contributed by atoms with Crippen molar-refractivity contribution in [1.82, 2.24) is 15.1 Å². The highest BCUT2D eigenvalue weighted by Crippen LogP contribution is 2.18. The van der Waals surface area contributed by atoms with Gasteiger partial charge in [-0.25, -0.2) is 0 Å². The number of likely N-dealkylation sites (tertiary alicyclic amines) is 1. The normalized spacial score (nSPS) is 17.0. The number of aromatic nitrogens is 2. The summed E-state index contributed by atoms with van der Waals surface area (Å²) in [5, 5.41) is 7.91. The number of rotatable bonds is 6. The van der Waals surface area contributed by atoms with E-state index >= 15 is 0 Å². The van der Waals surface area contributed by atoms with Gasteiger partial charge in [-0.15, -0.1) is 10.2 Å². The van der Waals surface area contributed by atoms with Crippen LogP contribution in [0.15, 0.2) is 36.4 Å². The third-order valence-electron chi connectivity index (χ3n) is 4.55. The Morgan fingerprint density at radius 2 is 2.04 bits per heavy atom. The van der Waals surface area contributed by atoms with Gasteiger partial charge in [-0.2, -0.15) is 0 Å². The summed E-state index contributed by atoms with van der Waals surface area (Å²) in [7, 11) is 1.55. The number of nitrogens with zero attached hydrogens (tertiary/aromatic N) is 3. The lowest BCUT2D eigenvalue weighted by molar-refractivity contribution is -0.133. The van der Waals surface area contributed by atoms with Crippen molar-refractivity contribution in [1.29, 1.82) is 0 Å². The van der Waals surface area contributed by atoms with Crippen LogP contribution >= 0.6 is 0 Å². The number of benzene rings is 1. The Morgan fingerprint density at radius 3 is 2.77 bits per heavy atom. The highest BCUT2D eigenvalue weighted by Gasteiger charge is 2.25. The molecule has 6 heteroatoms. The predicted molar refractivity (Wildman–Crippen MR) is 98.3 cm³/mol. The summed E-state index contributed by atoms with van der Waals surface area (Å²) in [6.07, 6.45) is 3.10. The molecule has 1 amide bonds. The molecule has 1 saturated heterocycles. The summed E-state index contributed by atoms with van der Waals surface area (Å²) in [5.74, 6) is 1.10. The first-order valence-corrected chi connectivity index (χ1v) is 9.02. The molecule has 2 aromatic rings. The van der Waals surface area contributed by atoms with E-state index in [0.29, 0.717) is 24.7 Å². The zero-order valence-electron chi connectivity index (χ0n) is 15.4. The molecule has 1 aromatic heterocycles. The standard InChI is InChI=1S/C20H25N3O3/c1-15-5-3-6-16(13-15)8-11-20(24)23-12-4-7-17(14-23)26-19-10-9-18(25-2)21-22-19/h3,5-6,9-10,13,17H,4,7-8,11-12,14H2,1-2H3. The van der Waals surface area contributed by atoms with Crippen molar-refractivity contribution < 1.29 is 14.3 Å². The lowest BCUT2D eigenvalue weighted by atomic mass is 10.0. The molecule has 1 aromatic carbocycles. The van der Waals surface area contributed by atoms with E-state index in [0.717, 1.165) is 25.8 Å². The molecule has 1 fully saturated rings. The van der Waals surface area contributed by atoms with Gasteiger partial charge in [0.1, 0.15) is 6.10 Å². The molecule has 1 atom stereocenters. The Balaban J connectivity index is 1.51. The largest absolute Gasteiger partial charge is 0.480 e. The lowest BCUT2D eigenvalue weighted by Crippen LogP contribution is -2.44. The summed E-state index contributed by atoms with van der Waals surface area (Å²) in [6, 6.07) is 11.8. The Morgan fingerprint density at radius 1 is 1.23 bits per heavy atom. The quantitative estimate of drug-likeness (QED) is 0.797. The van der Waals surface area contributed by atoms with E-state index < -0.39 is 0 Å². The van der Waals surface area contributed by atoms with Crippen LogP contribution < -0.4 is 9.47 Å². The van der Waals surface area contributed by atoms with E-state index in [4.69, 9.17) is 9.47 Å². The average molecular weight is 355 g/mol. The van der Waals surface area contributed by atoms with Gasteiger partial charge >= 0.3 is 0 Å². The summed E-state index contributed by atoms with van der Waals surface area (Å²) in [4.78, 5) is 14.5. The first-order chi connectivity index (χ1) is 12.6. The van der Waals surface area contributed by atoms with E-state index in [1.807, 2.05) is 11.0 Å². The molecule has 1 aliphatic rings. The van der Waals surface area contributed by atoms with Gasteiger partial charge in [-0.1, -0.05) is 29.8 Å². The van der Waals surface area contributed by atoms with Gasteiger partial charge in [0.2, 0.25) is 17.7 Å². The van der Waals surface area contributed by atoms with Gasteiger partial charge < -0.3 is 14.4 Å². The van der Waals surface area contributed by atoms with Crippen LogP contribution in [0.1, 0.15) is 30.4 Å². The number of piperidine rings is 1. The van der Waals surface area contributed by atoms with Crippen molar-refractivity contribution in [2.24, 2.45) is 0 Å². The van der Waals surface area contributed by atoms with Crippen LogP contribution in [0.5, 0.6) is 11.8 Å². The Bertz CT molecular complexity index is 733. The third-order valence-corrected chi connectivity index (χ3v) is 4.55. The molecule has 3 rings (SSSR count). The number of aryl methyl sites for hydroxylation is 2. The van der Waals surface area contributed by atoms with Crippen molar-refractivity contribution in [2.75, 3.05) is 20.2 Å². The number of hydrogen-bond acceptors (Lipinski definition) is 5. The second-order valence-electron chi connectivity index (χ2n) is 6.62. The van der Waals surface area contributed by atoms with Gasteiger partial charge in [-0.3, -0.25) is 4.79 Å². The average Bonchev–Trinajstić information content (AvgIpc) is 2.67. The Labute approximate surface area is 154 Å². The van der Waals surface area contributed by atoms with Gasteiger partial charge in [-0.05, 0) is 31.7 Å². The second kappa shape index (κ2) is 8.65. The maximum atomic E-state index is 12.6. The predicted octanol–water partition coefficient (Wildman–Crippen LogP) is 2.80. The van der Waals surface area contributed by atoms with Gasteiger partial charge in [0.15, 0.2) is 0 Å². The van der Waals surface area contributed by atoms with E-state index in [1.165, 1.54) is 11.1 Å². The maximum absolute atomic E-state index is 12.6. The zero-order chi connectivity index (χ0) is 18.4. The van der Waals surface area contributed by atoms with Crippen molar-refractivity contribution >= 4 is 5.91 Å². The van der Waals surface area contributed by atoms with Gasteiger partial charge in [0, 0.05) is 25.1 Å². The fourth-order valence-corrected chi connectivity index (χ4v) is 3.19. The summed E-state index contributed by atoms with van der Waals surface area (Å²) in [5.41, 5.74) is 2.43. The molecule has 1 aliphatic heterocycles. The highest BCUT2D eigenvalue weighted by molar-refractivity contribution is 5.76. The molecule has 6 nitrogen and oxygen atoms in total. The molecule has 0 radical (unpaired) electrons. The summed E-state index contributed by atoms with van der Waals surface area (Å²) >= 11 is 0. The second-order valence-corrected chi connectivity index (χ2v) is 6.62. The Hall–Kier alpha value is -2.63. The monoisotopic (exact) mass is 355 g/mol. The molecular weight excluding hydrogens is 330 g/mol. The number of amides is 1. The van der Waals surface area contributed by atoms with E-state index in [9.17, 15) is 4.79 Å². The molecule has 138 valence electrons. The Kier molecular flexibility index (Phi) is 6.04. The topological polar surface area (TPSA) is 64.6 Å². The summed E-state index contributed by atoms with van der Waals surface area (Å²) < 4.78 is 10.9. The van der Waals surface area contributed by atoms with Gasteiger partial charge in [0.05, 0.1) is 13.7 Å². The molecule has 0 bridgehead atoms. The van der Waals surface area contributed by atoms with Crippen LogP contribution in [0.4, 0.5) is 0 Å². The minimum atomic E-state index is -0.0469. The molecule has 26 heavy (non-hydrogen) atoms. The van der Waals surface area contributed by atoms with Crippen molar-refractivity contribution in [3.8, 4) is 11.8 Å². The van der Waals surface area contributed by atoms with Gasteiger partial charge in [0.25, 0.3) is 0 Å². The zero-order valence-corrected chi connectivity index (χ0v) is 15.4. The number of carbonyl (C=O) groups excluding carboxylic acids is 1.